The number of rotatable bonds is 6. The maximum Gasteiger partial charge on any atom is 0.257 e. The number of unbranched alkanes of at least 4 members (excludes halogenated alkanes) is 1. The smallest absolute Gasteiger partial charge is 0.257 e. The van der Waals surface area contributed by atoms with Crippen molar-refractivity contribution in [1.82, 2.24) is 9.80 Å². The van der Waals surface area contributed by atoms with Gasteiger partial charge < -0.3 is 19.3 Å². The van der Waals surface area contributed by atoms with E-state index >= 15 is 0 Å². The Labute approximate surface area is 143 Å². The second-order valence-electron chi connectivity index (χ2n) is 5.84. The van der Waals surface area contributed by atoms with Crippen LogP contribution in [0.3, 0.4) is 0 Å². The molecule has 1 aromatic rings. The molecule has 0 bridgehead atoms. The van der Waals surface area contributed by atoms with Crippen LogP contribution in [0, 0.1) is 0 Å². The molecule has 1 aliphatic rings. The first-order chi connectivity index (χ1) is 11.6. The molecule has 24 heavy (non-hydrogen) atoms. The largest absolute Gasteiger partial charge is 0.497 e. The van der Waals surface area contributed by atoms with Gasteiger partial charge in [0.25, 0.3) is 5.91 Å². The van der Waals surface area contributed by atoms with E-state index in [0.717, 1.165) is 12.8 Å². The molecule has 0 aromatic heterocycles. The maximum absolute atomic E-state index is 12.8. The number of carbonyl (C=O) groups excluding carboxylic acids is 2. The molecule has 1 fully saturated rings. The zero-order chi connectivity index (χ0) is 17.5. The highest BCUT2D eigenvalue weighted by molar-refractivity contribution is 5.97. The molecule has 0 aliphatic carbocycles. The van der Waals surface area contributed by atoms with Gasteiger partial charge in [0, 0.05) is 32.6 Å². The van der Waals surface area contributed by atoms with Crippen molar-refractivity contribution >= 4 is 11.8 Å². The van der Waals surface area contributed by atoms with Gasteiger partial charge in [-0.1, -0.05) is 13.3 Å². The number of amides is 2. The number of carbonyl (C=O) groups is 2. The van der Waals surface area contributed by atoms with Gasteiger partial charge in [0.05, 0.1) is 19.8 Å². The van der Waals surface area contributed by atoms with Gasteiger partial charge in [-0.25, -0.2) is 0 Å². The topological polar surface area (TPSA) is 59.1 Å². The van der Waals surface area contributed by atoms with Crippen molar-refractivity contribution < 1.29 is 19.1 Å². The second kappa shape index (κ2) is 8.57. The third-order valence-electron chi connectivity index (χ3n) is 4.30. The van der Waals surface area contributed by atoms with Crippen LogP contribution in [0.1, 0.15) is 36.5 Å². The van der Waals surface area contributed by atoms with Crippen LogP contribution in [-0.2, 0) is 4.79 Å². The Hall–Kier alpha value is -2.24. The van der Waals surface area contributed by atoms with E-state index in [1.807, 2.05) is 4.90 Å². The van der Waals surface area contributed by atoms with Crippen molar-refractivity contribution in [3.63, 3.8) is 0 Å². The van der Waals surface area contributed by atoms with Gasteiger partial charge in [0.1, 0.15) is 11.5 Å². The molecule has 0 N–H and O–H groups in total. The van der Waals surface area contributed by atoms with Gasteiger partial charge in [0.2, 0.25) is 5.91 Å². The van der Waals surface area contributed by atoms with E-state index in [1.54, 1.807) is 37.3 Å². The fourth-order valence-electron chi connectivity index (χ4n) is 2.80. The van der Waals surface area contributed by atoms with E-state index in [1.165, 1.54) is 0 Å². The van der Waals surface area contributed by atoms with Crippen LogP contribution in [-0.4, -0.2) is 62.0 Å². The molecular formula is C18H26N2O4. The Bertz CT molecular complexity index is 580. The molecule has 1 aromatic carbocycles. The van der Waals surface area contributed by atoms with E-state index in [9.17, 15) is 9.59 Å². The van der Waals surface area contributed by atoms with Crippen LogP contribution in [0.25, 0.3) is 0 Å². The Kier molecular flexibility index (Phi) is 6.46. The zero-order valence-corrected chi connectivity index (χ0v) is 14.7. The minimum absolute atomic E-state index is 0.0913. The van der Waals surface area contributed by atoms with Crippen molar-refractivity contribution in [1.29, 1.82) is 0 Å². The van der Waals surface area contributed by atoms with Crippen LogP contribution < -0.4 is 9.47 Å². The highest BCUT2D eigenvalue weighted by atomic mass is 16.5. The number of methoxy groups -OCH3 is 2. The van der Waals surface area contributed by atoms with Crippen LogP contribution >= 0.6 is 0 Å². The van der Waals surface area contributed by atoms with Gasteiger partial charge in [-0.3, -0.25) is 9.59 Å². The summed E-state index contributed by atoms with van der Waals surface area (Å²) in [6.07, 6.45) is 2.52. The lowest BCUT2D eigenvalue weighted by Gasteiger charge is -2.35. The van der Waals surface area contributed by atoms with Gasteiger partial charge in [-0.2, -0.15) is 0 Å². The standard InChI is InChI=1S/C18H26N2O4/c1-4-5-6-17(21)19-9-11-20(12-10-19)18(22)15-13-14(23-2)7-8-16(15)24-3/h7-8,13H,4-6,9-12H2,1-3H3. The normalized spacial score (nSPS) is 14.5. The Morgan fingerprint density at radius 3 is 2.29 bits per heavy atom. The number of benzene rings is 1. The van der Waals surface area contributed by atoms with Crippen LogP contribution in [0.5, 0.6) is 11.5 Å². The van der Waals surface area contributed by atoms with Crippen molar-refractivity contribution in [3.8, 4) is 11.5 Å². The number of hydrogen-bond donors (Lipinski definition) is 0. The molecule has 1 heterocycles. The third kappa shape index (κ3) is 4.19. The SMILES string of the molecule is CCCCC(=O)N1CCN(C(=O)c2cc(OC)ccc2OC)CC1. The van der Waals surface area contributed by atoms with E-state index in [0.29, 0.717) is 49.7 Å². The van der Waals surface area contributed by atoms with E-state index in [-0.39, 0.29) is 11.8 Å². The average molecular weight is 334 g/mol. The molecule has 2 rings (SSSR count). The Morgan fingerprint density at radius 2 is 1.71 bits per heavy atom. The first-order valence-electron chi connectivity index (χ1n) is 8.39. The Morgan fingerprint density at radius 1 is 1.04 bits per heavy atom. The van der Waals surface area contributed by atoms with Crippen molar-refractivity contribution in [2.45, 2.75) is 26.2 Å². The monoisotopic (exact) mass is 334 g/mol. The summed E-state index contributed by atoms with van der Waals surface area (Å²) in [5.74, 6) is 1.24. The first kappa shape index (κ1) is 18.1. The molecule has 0 atom stereocenters. The molecule has 6 heteroatoms. The van der Waals surface area contributed by atoms with Crippen LogP contribution in [0.4, 0.5) is 0 Å². The third-order valence-corrected chi connectivity index (χ3v) is 4.30. The van der Waals surface area contributed by atoms with Crippen molar-refractivity contribution in [2.24, 2.45) is 0 Å². The minimum Gasteiger partial charge on any atom is -0.497 e. The van der Waals surface area contributed by atoms with Crippen molar-refractivity contribution in [2.75, 3.05) is 40.4 Å². The molecule has 132 valence electrons. The summed E-state index contributed by atoms with van der Waals surface area (Å²) in [7, 11) is 3.11. The van der Waals surface area contributed by atoms with Gasteiger partial charge in [-0.05, 0) is 24.6 Å². The number of hydrogen-bond acceptors (Lipinski definition) is 4. The molecule has 0 saturated carbocycles. The minimum atomic E-state index is -0.0913. The summed E-state index contributed by atoms with van der Waals surface area (Å²) in [4.78, 5) is 28.5. The summed E-state index contributed by atoms with van der Waals surface area (Å²) in [6.45, 7) is 4.32. The molecule has 0 unspecified atom stereocenters. The number of piperazine rings is 1. The van der Waals surface area contributed by atoms with E-state index in [4.69, 9.17) is 9.47 Å². The molecule has 2 amide bonds. The highest BCUT2D eigenvalue weighted by Gasteiger charge is 2.26. The van der Waals surface area contributed by atoms with Gasteiger partial charge >= 0.3 is 0 Å². The van der Waals surface area contributed by atoms with Crippen LogP contribution in [0.15, 0.2) is 18.2 Å². The lowest BCUT2D eigenvalue weighted by atomic mass is 10.1. The maximum atomic E-state index is 12.8. The summed E-state index contributed by atoms with van der Waals surface area (Å²) in [5, 5.41) is 0. The average Bonchev–Trinajstić information content (AvgIpc) is 2.65. The summed E-state index contributed by atoms with van der Waals surface area (Å²) >= 11 is 0. The molecule has 1 saturated heterocycles. The fraction of sp³-hybridized carbons (Fsp3) is 0.556. The van der Waals surface area contributed by atoms with Gasteiger partial charge in [0.15, 0.2) is 0 Å². The predicted octanol–water partition coefficient (Wildman–Crippen LogP) is 2.18. The molecular weight excluding hydrogens is 308 g/mol. The lowest BCUT2D eigenvalue weighted by Crippen LogP contribution is -2.50. The second-order valence-corrected chi connectivity index (χ2v) is 5.84. The summed E-state index contributed by atoms with van der Waals surface area (Å²) in [5.41, 5.74) is 0.489. The molecule has 0 radical (unpaired) electrons. The molecule has 1 aliphatic heterocycles. The first-order valence-corrected chi connectivity index (χ1v) is 8.39. The van der Waals surface area contributed by atoms with E-state index in [2.05, 4.69) is 6.92 Å². The predicted molar refractivity (Wildman–Crippen MR) is 91.6 cm³/mol. The zero-order valence-electron chi connectivity index (χ0n) is 14.7. The van der Waals surface area contributed by atoms with Crippen molar-refractivity contribution in [3.05, 3.63) is 23.8 Å². The summed E-state index contributed by atoms with van der Waals surface area (Å²) in [6, 6.07) is 5.19. The lowest BCUT2D eigenvalue weighted by molar-refractivity contribution is -0.132. The quantitative estimate of drug-likeness (QED) is 0.800. The van der Waals surface area contributed by atoms with Gasteiger partial charge in [-0.15, -0.1) is 0 Å². The molecule has 0 spiro atoms. The molecule has 6 nitrogen and oxygen atoms in total. The number of nitrogens with zero attached hydrogens (tertiary/aromatic N) is 2. The van der Waals surface area contributed by atoms with Crippen LogP contribution in [0.2, 0.25) is 0 Å². The highest BCUT2D eigenvalue weighted by Crippen LogP contribution is 2.25. The summed E-state index contributed by atoms with van der Waals surface area (Å²) < 4.78 is 10.5. The fourth-order valence-corrected chi connectivity index (χ4v) is 2.80. The number of ether oxygens (including phenoxy) is 2. The van der Waals surface area contributed by atoms with E-state index < -0.39 is 0 Å². The Balaban J connectivity index is 2.01.